The van der Waals surface area contributed by atoms with E-state index in [1.807, 2.05) is 54.6 Å². The maximum Gasteiger partial charge on any atom is 0.161 e. The summed E-state index contributed by atoms with van der Waals surface area (Å²) in [7, 11) is 0. The van der Waals surface area contributed by atoms with E-state index in [4.69, 9.17) is 11.6 Å². The summed E-state index contributed by atoms with van der Waals surface area (Å²) < 4.78 is 1.68. The third-order valence-electron chi connectivity index (χ3n) is 2.94. The van der Waals surface area contributed by atoms with Gasteiger partial charge >= 0.3 is 0 Å². The highest BCUT2D eigenvalue weighted by molar-refractivity contribution is 9.11. The Hall–Kier alpha value is -1.23. The Morgan fingerprint density at radius 3 is 2.24 bits per heavy atom. The lowest BCUT2D eigenvalue weighted by Gasteiger charge is -2.09. The van der Waals surface area contributed by atoms with E-state index in [0.717, 1.165) is 21.3 Å². The molecule has 2 nitrogen and oxygen atoms in total. The summed E-state index contributed by atoms with van der Waals surface area (Å²) in [6.45, 7) is 0. The first-order chi connectivity index (χ1) is 10.1. The second-order valence-corrected chi connectivity index (χ2v) is 6.44. The number of halogens is 3. The maximum atomic E-state index is 6.25. The molecule has 2 aromatic carbocycles. The first kappa shape index (κ1) is 14.7. The van der Waals surface area contributed by atoms with Crippen molar-refractivity contribution in [2.75, 3.05) is 0 Å². The summed E-state index contributed by atoms with van der Waals surface area (Å²) in [5.74, 6) is 0.600. The van der Waals surface area contributed by atoms with Gasteiger partial charge in [-0.05, 0) is 28.1 Å². The fourth-order valence-electron chi connectivity index (χ4n) is 1.96. The second kappa shape index (κ2) is 6.26. The number of hydrogen-bond acceptors (Lipinski definition) is 2. The van der Waals surface area contributed by atoms with Crippen molar-refractivity contribution in [1.82, 2.24) is 9.97 Å². The second-order valence-electron chi connectivity index (χ2n) is 4.38. The fraction of sp³-hybridized carbons (Fsp3) is 0. The molecule has 0 aliphatic carbocycles. The predicted molar refractivity (Wildman–Crippen MR) is 93.3 cm³/mol. The Bertz CT molecular complexity index is 792. The Balaban J connectivity index is 2.19. The van der Waals surface area contributed by atoms with E-state index < -0.39 is 0 Å². The Morgan fingerprint density at radius 2 is 1.52 bits per heavy atom. The molecule has 1 aromatic heterocycles. The third kappa shape index (κ3) is 3.18. The molecule has 21 heavy (non-hydrogen) atoms. The summed E-state index contributed by atoms with van der Waals surface area (Å²) in [4.78, 5) is 9.01. The highest BCUT2D eigenvalue weighted by atomic mass is 79.9. The molecule has 1 heterocycles. The average Bonchev–Trinajstić information content (AvgIpc) is 2.51. The molecule has 0 aliphatic rings. The first-order valence-electron chi connectivity index (χ1n) is 6.19. The molecule has 0 bridgehead atoms. The van der Waals surface area contributed by atoms with E-state index >= 15 is 0 Å². The molecule has 0 aliphatic heterocycles. The zero-order chi connectivity index (χ0) is 14.8. The largest absolute Gasteiger partial charge is 0.227 e. The van der Waals surface area contributed by atoms with Crippen molar-refractivity contribution in [2.24, 2.45) is 0 Å². The van der Waals surface area contributed by atoms with Gasteiger partial charge in [0, 0.05) is 15.6 Å². The van der Waals surface area contributed by atoms with Gasteiger partial charge in [-0.3, -0.25) is 0 Å². The van der Waals surface area contributed by atoms with Crippen LogP contribution in [0.4, 0.5) is 0 Å². The van der Waals surface area contributed by atoms with Crippen LogP contribution in [0.2, 0.25) is 5.15 Å². The number of rotatable bonds is 2. The van der Waals surface area contributed by atoms with Crippen LogP contribution in [0, 0.1) is 0 Å². The smallest absolute Gasteiger partial charge is 0.161 e. The van der Waals surface area contributed by atoms with Gasteiger partial charge in [0.05, 0.1) is 10.2 Å². The molecule has 0 fully saturated rings. The fourth-order valence-corrected chi connectivity index (χ4v) is 2.94. The molecule has 5 heteroatoms. The van der Waals surface area contributed by atoms with E-state index in [2.05, 4.69) is 41.8 Å². The minimum absolute atomic E-state index is 0.402. The molecule has 0 unspecified atom stereocenters. The van der Waals surface area contributed by atoms with Crippen LogP contribution in [-0.4, -0.2) is 9.97 Å². The highest BCUT2D eigenvalue weighted by Crippen LogP contribution is 2.33. The molecule has 0 N–H and O–H groups in total. The quantitative estimate of drug-likeness (QED) is 0.472. The third-order valence-corrected chi connectivity index (χ3v) is 4.69. The van der Waals surface area contributed by atoms with Gasteiger partial charge < -0.3 is 0 Å². The van der Waals surface area contributed by atoms with Crippen LogP contribution in [0.25, 0.3) is 22.6 Å². The van der Waals surface area contributed by atoms with Crippen molar-refractivity contribution < 1.29 is 0 Å². The standard InChI is InChI=1S/C16H9Br2ClN2/c17-12-8-4-7-11(9-12)16-20-14(13(18)15(19)21-16)10-5-2-1-3-6-10/h1-9H. The van der Waals surface area contributed by atoms with Gasteiger partial charge in [-0.2, -0.15) is 0 Å². The van der Waals surface area contributed by atoms with E-state index in [-0.39, 0.29) is 0 Å². The molecule has 3 rings (SSSR count). The van der Waals surface area contributed by atoms with Crippen LogP contribution in [0.5, 0.6) is 0 Å². The topological polar surface area (TPSA) is 25.8 Å². The van der Waals surface area contributed by atoms with E-state index in [1.54, 1.807) is 0 Å². The minimum atomic E-state index is 0.402. The van der Waals surface area contributed by atoms with Gasteiger partial charge in [0.1, 0.15) is 5.15 Å². The Morgan fingerprint density at radius 1 is 0.810 bits per heavy atom. The molecular weight excluding hydrogens is 415 g/mol. The van der Waals surface area contributed by atoms with Crippen molar-refractivity contribution in [1.29, 1.82) is 0 Å². The van der Waals surface area contributed by atoms with Crippen LogP contribution in [0.3, 0.4) is 0 Å². The van der Waals surface area contributed by atoms with Crippen molar-refractivity contribution in [3.05, 3.63) is 68.7 Å². The summed E-state index contributed by atoms with van der Waals surface area (Å²) >= 11 is 13.2. The molecule has 0 saturated heterocycles. The lowest BCUT2D eigenvalue weighted by atomic mass is 10.1. The number of nitrogens with zero attached hydrogens (tertiary/aromatic N) is 2. The van der Waals surface area contributed by atoms with Gasteiger partial charge in [-0.15, -0.1) is 0 Å². The van der Waals surface area contributed by atoms with Crippen molar-refractivity contribution in [2.45, 2.75) is 0 Å². The van der Waals surface area contributed by atoms with Gasteiger partial charge in [-0.1, -0.05) is 70.0 Å². The molecular formula is C16H9Br2ClN2. The first-order valence-corrected chi connectivity index (χ1v) is 8.16. The van der Waals surface area contributed by atoms with E-state index in [0.29, 0.717) is 15.5 Å². The number of aromatic nitrogens is 2. The van der Waals surface area contributed by atoms with E-state index in [1.165, 1.54) is 0 Å². The molecule has 104 valence electrons. The maximum absolute atomic E-state index is 6.25. The Labute approximate surface area is 144 Å². The van der Waals surface area contributed by atoms with E-state index in [9.17, 15) is 0 Å². The van der Waals surface area contributed by atoms with Crippen molar-refractivity contribution in [3.8, 4) is 22.6 Å². The molecule has 0 atom stereocenters. The number of hydrogen-bond donors (Lipinski definition) is 0. The molecule has 0 radical (unpaired) electrons. The predicted octanol–water partition coefficient (Wildman–Crippen LogP) is 5.99. The number of benzene rings is 2. The van der Waals surface area contributed by atoms with Crippen LogP contribution in [-0.2, 0) is 0 Å². The van der Waals surface area contributed by atoms with Gasteiger partial charge in [0.25, 0.3) is 0 Å². The summed E-state index contributed by atoms with van der Waals surface area (Å²) in [5.41, 5.74) is 2.69. The lowest BCUT2D eigenvalue weighted by molar-refractivity contribution is 1.16. The average molecular weight is 425 g/mol. The van der Waals surface area contributed by atoms with Gasteiger partial charge in [-0.25, -0.2) is 9.97 Å². The summed E-state index contributed by atoms with van der Waals surface area (Å²) in [5, 5.41) is 0.402. The molecule has 0 amide bonds. The molecule has 0 spiro atoms. The lowest BCUT2D eigenvalue weighted by Crippen LogP contribution is -1.95. The zero-order valence-corrected chi connectivity index (χ0v) is 14.7. The normalized spacial score (nSPS) is 10.6. The van der Waals surface area contributed by atoms with Crippen LogP contribution < -0.4 is 0 Å². The zero-order valence-electron chi connectivity index (χ0n) is 10.7. The monoisotopic (exact) mass is 422 g/mol. The van der Waals surface area contributed by atoms with Gasteiger partial charge in [0.15, 0.2) is 5.82 Å². The summed E-state index contributed by atoms with van der Waals surface area (Å²) in [6.07, 6.45) is 0. The highest BCUT2D eigenvalue weighted by Gasteiger charge is 2.13. The SMILES string of the molecule is Clc1nc(-c2cccc(Br)c2)nc(-c2ccccc2)c1Br. The van der Waals surface area contributed by atoms with Crippen LogP contribution in [0.15, 0.2) is 63.5 Å². The molecule has 3 aromatic rings. The van der Waals surface area contributed by atoms with Crippen LogP contribution in [0.1, 0.15) is 0 Å². The van der Waals surface area contributed by atoms with Crippen LogP contribution >= 0.6 is 43.5 Å². The summed E-state index contributed by atoms with van der Waals surface area (Å²) in [6, 6.07) is 17.7. The Kier molecular flexibility index (Phi) is 4.38. The molecule has 0 saturated carbocycles. The minimum Gasteiger partial charge on any atom is -0.227 e. The van der Waals surface area contributed by atoms with Crippen molar-refractivity contribution in [3.63, 3.8) is 0 Å². The van der Waals surface area contributed by atoms with Gasteiger partial charge in [0.2, 0.25) is 0 Å². The van der Waals surface area contributed by atoms with Crippen molar-refractivity contribution >= 4 is 43.5 Å².